The van der Waals surface area contributed by atoms with E-state index in [1.165, 1.54) is 11.8 Å². The topological polar surface area (TPSA) is 81.7 Å². The van der Waals surface area contributed by atoms with E-state index in [-0.39, 0.29) is 18.4 Å². The number of amides is 1. The number of para-hydroxylation sites is 1. The van der Waals surface area contributed by atoms with Crippen molar-refractivity contribution in [3.05, 3.63) is 24.3 Å². The summed E-state index contributed by atoms with van der Waals surface area (Å²) in [4.78, 5) is 37.5. The largest absolute Gasteiger partial charge is 0.460 e. The number of ether oxygens (including phenoxy) is 2. The lowest BCUT2D eigenvalue weighted by molar-refractivity contribution is -0.167. The van der Waals surface area contributed by atoms with E-state index < -0.39 is 23.8 Å². The van der Waals surface area contributed by atoms with E-state index in [0.29, 0.717) is 17.8 Å². The van der Waals surface area contributed by atoms with Crippen LogP contribution in [0.4, 0.5) is 5.69 Å². The number of fused-ring (bicyclic) bond motifs is 1. The molecule has 6 nitrogen and oxygen atoms in total. The minimum Gasteiger partial charge on any atom is -0.460 e. The number of hydrogen-bond donors (Lipinski definition) is 1. The van der Waals surface area contributed by atoms with Crippen LogP contribution < -0.4 is 5.32 Å². The second kappa shape index (κ2) is 9.65. The number of esters is 2. The Bertz CT molecular complexity index is 765. The van der Waals surface area contributed by atoms with Crippen molar-refractivity contribution >= 4 is 35.3 Å². The molecule has 2 aliphatic rings. The molecular weight excluding hydrogens is 390 g/mol. The molecule has 1 heterocycles. The second-order valence-electron chi connectivity index (χ2n) is 8.31. The molecule has 1 amide bonds. The third-order valence-electron chi connectivity index (χ3n) is 5.65. The first-order chi connectivity index (χ1) is 13.8. The van der Waals surface area contributed by atoms with Gasteiger partial charge in [0.2, 0.25) is 5.91 Å². The molecule has 1 aromatic rings. The minimum atomic E-state index is -0.577. The van der Waals surface area contributed by atoms with Crippen LogP contribution in [0.25, 0.3) is 0 Å². The Hall–Kier alpha value is -2.02. The number of benzene rings is 1. The lowest BCUT2D eigenvalue weighted by atomic mass is 9.75. The molecule has 0 bridgehead atoms. The number of anilines is 1. The highest BCUT2D eigenvalue weighted by atomic mass is 32.2. The van der Waals surface area contributed by atoms with E-state index in [4.69, 9.17) is 9.47 Å². The van der Waals surface area contributed by atoms with Gasteiger partial charge in [0.05, 0.1) is 17.4 Å². The summed E-state index contributed by atoms with van der Waals surface area (Å²) in [6.07, 6.45) is 2.83. The van der Waals surface area contributed by atoms with Crippen molar-refractivity contribution in [1.82, 2.24) is 0 Å². The molecule has 1 saturated carbocycles. The lowest BCUT2D eigenvalue weighted by Crippen LogP contribution is -2.37. The molecule has 3 rings (SSSR count). The summed E-state index contributed by atoms with van der Waals surface area (Å²) in [5, 5.41) is 2.22. The average Bonchev–Trinajstić information content (AvgIpc) is 2.67. The van der Waals surface area contributed by atoms with Crippen LogP contribution in [0.2, 0.25) is 0 Å². The molecule has 1 aromatic carbocycles. The predicted octanol–water partition coefficient (Wildman–Crippen LogP) is 4.04. The first kappa shape index (κ1) is 21.7. The van der Waals surface area contributed by atoms with Crippen LogP contribution in [0.5, 0.6) is 0 Å². The van der Waals surface area contributed by atoms with Gasteiger partial charge in [-0.1, -0.05) is 39.3 Å². The van der Waals surface area contributed by atoms with Gasteiger partial charge in [-0.25, -0.2) is 4.79 Å². The van der Waals surface area contributed by atoms with Crippen molar-refractivity contribution < 1.29 is 23.9 Å². The minimum absolute atomic E-state index is 0.0901. The van der Waals surface area contributed by atoms with Gasteiger partial charge in [0.25, 0.3) is 0 Å². The molecule has 0 spiro atoms. The molecular formula is C22H29NO5S. The number of rotatable bonds is 6. The van der Waals surface area contributed by atoms with E-state index in [2.05, 4.69) is 26.1 Å². The zero-order valence-corrected chi connectivity index (χ0v) is 18.0. The number of carbonyl (C=O) groups excluding carboxylic acids is 3. The summed E-state index contributed by atoms with van der Waals surface area (Å²) in [5.74, 6) is -0.0271. The summed E-state index contributed by atoms with van der Waals surface area (Å²) < 4.78 is 10.7. The average molecular weight is 420 g/mol. The Morgan fingerprint density at radius 1 is 1.21 bits per heavy atom. The van der Waals surface area contributed by atoms with Gasteiger partial charge in [0.1, 0.15) is 6.10 Å². The van der Waals surface area contributed by atoms with Gasteiger partial charge in [0, 0.05) is 4.90 Å². The third kappa shape index (κ3) is 5.75. The molecule has 1 N–H and O–H groups in total. The summed E-state index contributed by atoms with van der Waals surface area (Å²) in [5.41, 5.74) is 0.747. The van der Waals surface area contributed by atoms with Crippen LogP contribution in [0, 0.1) is 17.8 Å². The van der Waals surface area contributed by atoms with Crippen molar-refractivity contribution in [2.24, 2.45) is 17.8 Å². The van der Waals surface area contributed by atoms with Crippen molar-refractivity contribution in [3.63, 3.8) is 0 Å². The monoisotopic (exact) mass is 419 g/mol. The zero-order chi connectivity index (χ0) is 21.0. The number of thioether (sulfide) groups is 1. The molecule has 0 radical (unpaired) electrons. The van der Waals surface area contributed by atoms with Crippen molar-refractivity contribution in [3.8, 4) is 0 Å². The molecule has 158 valence electrons. The standard InChI is InChI=1S/C22H29NO5S/c1-13(2)15-9-8-14(3)10-17(15)28-21(25)12-27-20(24)11-19-22(26)23-16-6-4-5-7-18(16)29-19/h4-7,13-15,17,19H,8-12H2,1-3H3,(H,23,26)/t14-,15-,17+,19+/m0/s1. The molecule has 0 aromatic heterocycles. The molecule has 0 saturated heterocycles. The summed E-state index contributed by atoms with van der Waals surface area (Å²) in [7, 11) is 0. The van der Waals surface area contributed by atoms with Gasteiger partial charge in [-0.3, -0.25) is 9.59 Å². The molecule has 1 fully saturated rings. The zero-order valence-electron chi connectivity index (χ0n) is 17.2. The highest BCUT2D eigenvalue weighted by molar-refractivity contribution is 8.01. The van der Waals surface area contributed by atoms with Gasteiger partial charge >= 0.3 is 11.9 Å². The van der Waals surface area contributed by atoms with Crippen LogP contribution in [0.3, 0.4) is 0 Å². The normalized spacial score (nSPS) is 26.4. The summed E-state index contributed by atoms with van der Waals surface area (Å²) >= 11 is 1.33. The molecule has 0 unspecified atom stereocenters. The van der Waals surface area contributed by atoms with Gasteiger partial charge in [-0.15, -0.1) is 11.8 Å². The van der Waals surface area contributed by atoms with Gasteiger partial charge in [-0.05, 0) is 42.7 Å². The molecule has 29 heavy (non-hydrogen) atoms. The molecule has 4 atom stereocenters. The Morgan fingerprint density at radius 2 is 1.97 bits per heavy atom. The lowest BCUT2D eigenvalue weighted by Gasteiger charge is -2.36. The predicted molar refractivity (Wildman–Crippen MR) is 112 cm³/mol. The molecule has 1 aliphatic heterocycles. The first-order valence-corrected chi connectivity index (χ1v) is 11.1. The Balaban J connectivity index is 1.46. The van der Waals surface area contributed by atoms with E-state index in [1.807, 2.05) is 24.3 Å². The molecule has 1 aliphatic carbocycles. The van der Waals surface area contributed by atoms with Crippen LogP contribution in [-0.2, 0) is 23.9 Å². The van der Waals surface area contributed by atoms with E-state index >= 15 is 0 Å². The van der Waals surface area contributed by atoms with Crippen molar-refractivity contribution in [1.29, 1.82) is 0 Å². The third-order valence-corrected chi connectivity index (χ3v) is 6.93. The second-order valence-corrected chi connectivity index (χ2v) is 9.56. The van der Waals surface area contributed by atoms with Gasteiger partial charge in [0.15, 0.2) is 6.61 Å². The fraction of sp³-hybridized carbons (Fsp3) is 0.591. The number of hydrogen-bond acceptors (Lipinski definition) is 6. The highest BCUT2D eigenvalue weighted by Gasteiger charge is 2.34. The Labute approximate surface area is 176 Å². The van der Waals surface area contributed by atoms with E-state index in [9.17, 15) is 14.4 Å². The quantitative estimate of drug-likeness (QED) is 0.701. The van der Waals surface area contributed by atoms with Gasteiger partial charge in [-0.2, -0.15) is 0 Å². The maximum atomic E-state index is 12.2. The number of nitrogens with one attached hydrogen (secondary N) is 1. The Morgan fingerprint density at radius 3 is 2.72 bits per heavy atom. The van der Waals surface area contributed by atoms with Crippen molar-refractivity contribution in [2.45, 2.75) is 62.7 Å². The van der Waals surface area contributed by atoms with E-state index in [0.717, 1.165) is 29.8 Å². The van der Waals surface area contributed by atoms with Crippen molar-refractivity contribution in [2.75, 3.05) is 11.9 Å². The Kier molecular flexibility index (Phi) is 7.22. The fourth-order valence-corrected chi connectivity index (χ4v) is 5.12. The SMILES string of the molecule is CC(C)[C@@H]1CC[C@H](C)C[C@H]1OC(=O)COC(=O)C[C@H]1Sc2ccccc2NC1=O. The highest BCUT2D eigenvalue weighted by Crippen LogP contribution is 2.37. The van der Waals surface area contributed by atoms with E-state index in [1.54, 1.807) is 0 Å². The fourth-order valence-electron chi connectivity index (χ4n) is 4.03. The number of carbonyl (C=O) groups is 3. The van der Waals surface area contributed by atoms with Crippen LogP contribution in [0.15, 0.2) is 29.2 Å². The maximum Gasteiger partial charge on any atom is 0.344 e. The van der Waals surface area contributed by atoms with Crippen LogP contribution >= 0.6 is 11.8 Å². The summed E-state index contributed by atoms with van der Waals surface area (Å²) in [6, 6.07) is 7.44. The first-order valence-electron chi connectivity index (χ1n) is 10.2. The maximum absolute atomic E-state index is 12.2. The van der Waals surface area contributed by atoms with Gasteiger partial charge < -0.3 is 14.8 Å². The molecule has 7 heteroatoms. The smallest absolute Gasteiger partial charge is 0.344 e. The summed E-state index contributed by atoms with van der Waals surface area (Å²) in [6.45, 7) is 6.05. The van der Waals surface area contributed by atoms with Crippen LogP contribution in [-0.4, -0.2) is 35.8 Å². The van der Waals surface area contributed by atoms with Crippen LogP contribution in [0.1, 0.15) is 46.5 Å².